The lowest BCUT2D eigenvalue weighted by Gasteiger charge is -2.08. The van der Waals surface area contributed by atoms with Crippen molar-refractivity contribution in [1.82, 2.24) is 9.97 Å². The molecule has 104 valence electrons. The number of hydrogen-bond donors (Lipinski definition) is 1. The molecule has 2 N–H and O–H groups in total. The molecule has 0 aliphatic rings. The first kappa shape index (κ1) is 14.7. The van der Waals surface area contributed by atoms with Crippen LogP contribution in [0.1, 0.15) is 17.4 Å². The van der Waals surface area contributed by atoms with Crippen LogP contribution in [0.15, 0.2) is 28.7 Å². The molecule has 20 heavy (non-hydrogen) atoms. The van der Waals surface area contributed by atoms with E-state index >= 15 is 0 Å². The Balaban J connectivity index is 2.51. The molecule has 0 fully saturated rings. The summed E-state index contributed by atoms with van der Waals surface area (Å²) >= 11 is 9.38. The number of carbonyl (C=O) groups excluding carboxylic acids is 1. The van der Waals surface area contributed by atoms with Crippen molar-refractivity contribution in [2.75, 3.05) is 12.3 Å². The van der Waals surface area contributed by atoms with Gasteiger partial charge in [0.15, 0.2) is 16.7 Å². The molecule has 2 rings (SSSR count). The zero-order chi connectivity index (χ0) is 14.7. The molecule has 1 heterocycles. The first-order chi connectivity index (χ1) is 9.52. The standard InChI is InChI=1S/C13H11BrClN3O2/c1-2-20-13(19)10-12(16)18-11(15)9(17-10)7-3-5-8(14)6-4-7/h3-6H,2H2,1H3,(H2,16,18). The molecule has 0 spiro atoms. The molecule has 0 radical (unpaired) electrons. The van der Waals surface area contributed by atoms with Gasteiger partial charge in [0.2, 0.25) is 0 Å². The highest BCUT2D eigenvalue weighted by molar-refractivity contribution is 9.10. The van der Waals surface area contributed by atoms with Crippen LogP contribution in [0.5, 0.6) is 0 Å². The van der Waals surface area contributed by atoms with Gasteiger partial charge < -0.3 is 10.5 Å². The lowest BCUT2D eigenvalue weighted by molar-refractivity contribution is 0.0520. The smallest absolute Gasteiger partial charge is 0.360 e. The molecule has 1 aromatic carbocycles. The summed E-state index contributed by atoms with van der Waals surface area (Å²) in [5, 5.41) is 0.137. The topological polar surface area (TPSA) is 78.1 Å². The maximum atomic E-state index is 11.8. The van der Waals surface area contributed by atoms with Crippen molar-refractivity contribution in [2.24, 2.45) is 0 Å². The van der Waals surface area contributed by atoms with Gasteiger partial charge in [0.1, 0.15) is 5.69 Å². The predicted octanol–water partition coefficient (Wildman–Crippen LogP) is 3.32. The molecule has 0 saturated heterocycles. The van der Waals surface area contributed by atoms with Crippen LogP contribution < -0.4 is 5.73 Å². The van der Waals surface area contributed by atoms with Crippen LogP contribution in [-0.2, 0) is 4.74 Å². The van der Waals surface area contributed by atoms with Gasteiger partial charge in [0.25, 0.3) is 0 Å². The highest BCUT2D eigenvalue weighted by Gasteiger charge is 2.18. The fourth-order valence-corrected chi connectivity index (χ4v) is 2.07. The molecular weight excluding hydrogens is 346 g/mol. The van der Waals surface area contributed by atoms with Crippen molar-refractivity contribution >= 4 is 39.3 Å². The van der Waals surface area contributed by atoms with Crippen LogP contribution in [0.4, 0.5) is 5.82 Å². The van der Waals surface area contributed by atoms with Gasteiger partial charge in [0, 0.05) is 10.0 Å². The minimum atomic E-state index is -0.618. The van der Waals surface area contributed by atoms with Gasteiger partial charge in [-0.1, -0.05) is 39.7 Å². The van der Waals surface area contributed by atoms with E-state index in [0.717, 1.165) is 10.0 Å². The van der Waals surface area contributed by atoms with Gasteiger partial charge in [-0.25, -0.2) is 14.8 Å². The minimum absolute atomic E-state index is 0.0332. The molecule has 5 nitrogen and oxygen atoms in total. The summed E-state index contributed by atoms with van der Waals surface area (Å²) in [5.74, 6) is -0.665. The molecule has 0 saturated carbocycles. The van der Waals surface area contributed by atoms with E-state index in [2.05, 4.69) is 25.9 Å². The number of nitrogen functional groups attached to an aromatic ring is 1. The van der Waals surface area contributed by atoms with E-state index < -0.39 is 5.97 Å². The number of halogens is 2. The number of anilines is 1. The Morgan fingerprint density at radius 1 is 1.35 bits per heavy atom. The molecular formula is C13H11BrClN3O2. The zero-order valence-corrected chi connectivity index (χ0v) is 12.9. The molecule has 0 unspecified atom stereocenters. The summed E-state index contributed by atoms with van der Waals surface area (Å²) in [4.78, 5) is 19.9. The molecule has 1 aromatic heterocycles. The molecule has 0 aliphatic carbocycles. The average Bonchev–Trinajstić information content (AvgIpc) is 2.40. The first-order valence-electron chi connectivity index (χ1n) is 5.79. The van der Waals surface area contributed by atoms with E-state index in [9.17, 15) is 4.79 Å². The number of rotatable bonds is 3. The van der Waals surface area contributed by atoms with E-state index in [1.165, 1.54) is 0 Å². The quantitative estimate of drug-likeness (QED) is 0.854. The van der Waals surface area contributed by atoms with Gasteiger partial charge in [-0.2, -0.15) is 0 Å². The third-order valence-corrected chi connectivity index (χ3v) is 3.26. The van der Waals surface area contributed by atoms with Gasteiger partial charge in [0.05, 0.1) is 6.61 Å². The lowest BCUT2D eigenvalue weighted by Crippen LogP contribution is -2.13. The molecule has 0 aliphatic heterocycles. The number of aromatic nitrogens is 2. The Bertz CT molecular complexity index is 647. The predicted molar refractivity (Wildman–Crippen MR) is 80.5 cm³/mol. The first-order valence-corrected chi connectivity index (χ1v) is 6.96. The summed E-state index contributed by atoms with van der Waals surface area (Å²) < 4.78 is 5.81. The second-order valence-electron chi connectivity index (χ2n) is 3.82. The highest BCUT2D eigenvalue weighted by Crippen LogP contribution is 2.27. The van der Waals surface area contributed by atoms with Gasteiger partial charge >= 0.3 is 5.97 Å². The lowest BCUT2D eigenvalue weighted by atomic mass is 10.1. The van der Waals surface area contributed by atoms with Crippen molar-refractivity contribution in [3.63, 3.8) is 0 Å². The summed E-state index contributed by atoms with van der Waals surface area (Å²) in [6, 6.07) is 7.30. The Labute approximate surface area is 129 Å². The van der Waals surface area contributed by atoms with E-state index in [1.54, 1.807) is 6.92 Å². The molecule has 0 amide bonds. The number of esters is 1. The maximum Gasteiger partial charge on any atom is 0.360 e. The van der Waals surface area contributed by atoms with Crippen LogP contribution in [0, 0.1) is 0 Å². The van der Waals surface area contributed by atoms with Crippen molar-refractivity contribution in [3.8, 4) is 11.3 Å². The van der Waals surface area contributed by atoms with Crippen molar-refractivity contribution in [2.45, 2.75) is 6.92 Å². The number of ether oxygens (including phenoxy) is 1. The third kappa shape index (κ3) is 3.08. The summed E-state index contributed by atoms with van der Waals surface area (Å²) in [6.07, 6.45) is 0. The molecule has 0 atom stereocenters. The monoisotopic (exact) mass is 355 g/mol. The fraction of sp³-hybridized carbons (Fsp3) is 0.154. The Morgan fingerprint density at radius 3 is 2.60 bits per heavy atom. The normalized spacial score (nSPS) is 10.3. The number of carbonyl (C=O) groups is 1. The van der Waals surface area contributed by atoms with E-state index in [1.807, 2.05) is 24.3 Å². The van der Waals surface area contributed by atoms with Crippen LogP contribution in [0.25, 0.3) is 11.3 Å². The number of benzene rings is 1. The van der Waals surface area contributed by atoms with Crippen LogP contribution in [0.3, 0.4) is 0 Å². The van der Waals surface area contributed by atoms with Crippen molar-refractivity contribution in [1.29, 1.82) is 0 Å². The maximum absolute atomic E-state index is 11.8. The fourth-order valence-electron chi connectivity index (χ4n) is 1.57. The summed E-state index contributed by atoms with van der Waals surface area (Å²) in [5.41, 5.74) is 6.74. The number of nitrogens with zero attached hydrogens (tertiary/aromatic N) is 2. The Morgan fingerprint density at radius 2 is 2.00 bits per heavy atom. The van der Waals surface area contributed by atoms with Gasteiger partial charge in [-0.3, -0.25) is 0 Å². The Hall–Kier alpha value is -1.66. The van der Waals surface area contributed by atoms with Crippen molar-refractivity contribution < 1.29 is 9.53 Å². The number of hydrogen-bond acceptors (Lipinski definition) is 5. The van der Waals surface area contributed by atoms with Crippen LogP contribution in [0.2, 0.25) is 5.15 Å². The zero-order valence-electron chi connectivity index (χ0n) is 10.6. The summed E-state index contributed by atoms with van der Waals surface area (Å²) in [6.45, 7) is 1.93. The Kier molecular flexibility index (Phi) is 4.57. The number of nitrogens with two attached hydrogens (primary N) is 1. The van der Waals surface area contributed by atoms with Crippen LogP contribution >= 0.6 is 27.5 Å². The highest BCUT2D eigenvalue weighted by atomic mass is 79.9. The minimum Gasteiger partial charge on any atom is -0.461 e. The van der Waals surface area contributed by atoms with Gasteiger partial charge in [-0.15, -0.1) is 0 Å². The second-order valence-corrected chi connectivity index (χ2v) is 5.10. The van der Waals surface area contributed by atoms with Crippen molar-refractivity contribution in [3.05, 3.63) is 39.6 Å². The molecule has 7 heteroatoms. The van der Waals surface area contributed by atoms with Crippen LogP contribution in [-0.4, -0.2) is 22.5 Å². The van der Waals surface area contributed by atoms with E-state index in [0.29, 0.717) is 5.69 Å². The van der Waals surface area contributed by atoms with E-state index in [-0.39, 0.29) is 23.3 Å². The average molecular weight is 357 g/mol. The molecule has 0 bridgehead atoms. The summed E-state index contributed by atoms with van der Waals surface area (Å²) in [7, 11) is 0. The second kappa shape index (κ2) is 6.19. The third-order valence-electron chi connectivity index (χ3n) is 2.47. The molecule has 2 aromatic rings. The SMILES string of the molecule is CCOC(=O)c1nc(-c2ccc(Br)cc2)c(Cl)nc1N. The largest absolute Gasteiger partial charge is 0.461 e. The van der Waals surface area contributed by atoms with E-state index in [4.69, 9.17) is 22.1 Å². The van der Waals surface area contributed by atoms with Gasteiger partial charge in [-0.05, 0) is 19.1 Å².